The van der Waals surface area contributed by atoms with Crippen molar-refractivity contribution in [2.24, 2.45) is 4.99 Å². The Balaban J connectivity index is 1.54. The van der Waals surface area contributed by atoms with E-state index in [-0.39, 0.29) is 18.3 Å². The van der Waals surface area contributed by atoms with Gasteiger partial charge in [0.2, 0.25) is 0 Å². The molecule has 0 radical (unpaired) electrons. The summed E-state index contributed by atoms with van der Waals surface area (Å²) in [5, 5.41) is 6.60. The van der Waals surface area contributed by atoms with Gasteiger partial charge in [-0.25, -0.2) is 13.2 Å². The average Bonchev–Trinajstić information content (AvgIpc) is 2.74. The van der Waals surface area contributed by atoms with E-state index in [1.807, 2.05) is 18.2 Å². The Labute approximate surface area is 174 Å². The van der Waals surface area contributed by atoms with Crippen molar-refractivity contribution in [1.82, 2.24) is 15.5 Å². The maximum atomic E-state index is 13.9. The van der Waals surface area contributed by atoms with Gasteiger partial charge in [0.15, 0.2) is 17.5 Å². The summed E-state index contributed by atoms with van der Waals surface area (Å²) >= 11 is 0. The molecule has 0 amide bonds. The van der Waals surface area contributed by atoms with Crippen LogP contribution in [0, 0.1) is 5.82 Å². The summed E-state index contributed by atoms with van der Waals surface area (Å²) < 4.78 is 44.7. The Morgan fingerprint density at radius 3 is 2.43 bits per heavy atom. The van der Waals surface area contributed by atoms with Gasteiger partial charge in [-0.3, -0.25) is 9.89 Å². The number of benzene rings is 2. The minimum absolute atomic E-state index is 0.168. The molecule has 2 aromatic carbocycles. The Morgan fingerprint density at radius 2 is 1.77 bits per heavy atom. The van der Waals surface area contributed by atoms with Crippen LogP contribution in [0.1, 0.15) is 18.4 Å². The van der Waals surface area contributed by atoms with Gasteiger partial charge in [-0.15, -0.1) is 0 Å². The molecule has 8 heteroatoms. The van der Waals surface area contributed by atoms with E-state index in [1.165, 1.54) is 6.07 Å². The number of piperidine rings is 1. The van der Waals surface area contributed by atoms with Gasteiger partial charge in [-0.05, 0) is 31.0 Å². The minimum atomic E-state index is -2.30. The van der Waals surface area contributed by atoms with E-state index in [4.69, 9.17) is 4.74 Å². The first-order chi connectivity index (χ1) is 14.5. The van der Waals surface area contributed by atoms with Crippen LogP contribution in [-0.2, 0) is 6.54 Å². The minimum Gasteiger partial charge on any atom is -0.454 e. The van der Waals surface area contributed by atoms with Crippen LogP contribution in [-0.4, -0.2) is 50.0 Å². The number of guanidine groups is 1. The first-order valence-corrected chi connectivity index (χ1v) is 10.0. The van der Waals surface area contributed by atoms with Crippen molar-refractivity contribution < 1.29 is 17.9 Å². The molecule has 0 aliphatic carbocycles. The van der Waals surface area contributed by atoms with Crippen LogP contribution in [0.25, 0.3) is 0 Å². The van der Waals surface area contributed by atoms with Crippen LogP contribution >= 0.6 is 0 Å². The van der Waals surface area contributed by atoms with Gasteiger partial charge in [0.25, 0.3) is 6.43 Å². The van der Waals surface area contributed by atoms with Crippen LogP contribution in [0.3, 0.4) is 0 Å². The molecule has 0 bridgehead atoms. The molecule has 1 aliphatic heterocycles. The number of halogens is 3. The van der Waals surface area contributed by atoms with Crippen molar-refractivity contribution in [3.05, 3.63) is 59.9 Å². The van der Waals surface area contributed by atoms with Crippen LogP contribution in [0.15, 0.2) is 53.5 Å². The lowest BCUT2D eigenvalue weighted by molar-refractivity contribution is 0.0744. The molecule has 0 unspecified atom stereocenters. The quantitative estimate of drug-likeness (QED) is 0.525. The van der Waals surface area contributed by atoms with Gasteiger partial charge in [0.05, 0.1) is 6.54 Å². The number of hydrogen-bond acceptors (Lipinski definition) is 3. The highest BCUT2D eigenvalue weighted by Crippen LogP contribution is 2.27. The average molecular weight is 420 g/mol. The second-order valence-electron chi connectivity index (χ2n) is 7.18. The number of alkyl halides is 2. The van der Waals surface area contributed by atoms with E-state index in [2.05, 4.69) is 15.6 Å². The van der Waals surface area contributed by atoms with Crippen molar-refractivity contribution >= 4 is 5.96 Å². The third-order valence-electron chi connectivity index (χ3n) is 5.02. The zero-order valence-corrected chi connectivity index (χ0v) is 17.0. The van der Waals surface area contributed by atoms with E-state index >= 15 is 0 Å². The largest absolute Gasteiger partial charge is 0.454 e. The summed E-state index contributed by atoms with van der Waals surface area (Å²) in [5.41, 5.74) is 0.857. The molecule has 0 saturated carbocycles. The highest BCUT2D eigenvalue weighted by molar-refractivity contribution is 5.80. The molecule has 2 aromatic rings. The zero-order valence-electron chi connectivity index (χ0n) is 17.0. The molecule has 0 aromatic heterocycles. The fourth-order valence-corrected chi connectivity index (χ4v) is 3.42. The normalized spacial score (nSPS) is 16.0. The lowest BCUT2D eigenvalue weighted by Gasteiger charge is -2.32. The summed E-state index contributed by atoms with van der Waals surface area (Å²) in [6.45, 7) is 1.55. The van der Waals surface area contributed by atoms with Crippen molar-refractivity contribution in [2.45, 2.75) is 31.9 Å². The van der Waals surface area contributed by atoms with Crippen LogP contribution in [0.4, 0.5) is 13.2 Å². The number of likely N-dealkylation sites (tertiary alicyclic amines) is 1. The zero-order chi connectivity index (χ0) is 21.3. The molecule has 1 aliphatic rings. The Kier molecular flexibility index (Phi) is 7.96. The standard InChI is InChI=1S/C22H27F3N4O/c1-26-22(28-17-10-12-29(13-11-17)15-21(24)25)27-14-16-6-2-4-8-19(16)30-20-9-5-3-7-18(20)23/h2-9,17,21H,10-15H2,1H3,(H2,26,27,28). The molecular formula is C22H27F3N4O. The maximum Gasteiger partial charge on any atom is 0.251 e. The Bertz CT molecular complexity index is 839. The molecular weight excluding hydrogens is 393 g/mol. The van der Waals surface area contributed by atoms with Gasteiger partial charge in [-0.1, -0.05) is 30.3 Å². The number of hydrogen-bond donors (Lipinski definition) is 2. The van der Waals surface area contributed by atoms with E-state index < -0.39 is 12.2 Å². The molecule has 0 spiro atoms. The topological polar surface area (TPSA) is 48.9 Å². The predicted molar refractivity (Wildman–Crippen MR) is 112 cm³/mol. The molecule has 0 atom stereocenters. The SMILES string of the molecule is CN=C(NCc1ccccc1Oc1ccccc1F)NC1CCN(CC(F)F)CC1. The third-order valence-corrected chi connectivity index (χ3v) is 5.02. The summed E-state index contributed by atoms with van der Waals surface area (Å²) in [6.07, 6.45) is -0.739. The number of ether oxygens (including phenoxy) is 1. The third kappa shape index (κ3) is 6.38. The van der Waals surface area contributed by atoms with Crippen molar-refractivity contribution in [3.8, 4) is 11.5 Å². The summed E-state index contributed by atoms with van der Waals surface area (Å²) in [7, 11) is 1.68. The van der Waals surface area contributed by atoms with Gasteiger partial charge in [0.1, 0.15) is 5.75 Å². The predicted octanol–water partition coefficient (Wildman–Crippen LogP) is 4.01. The van der Waals surface area contributed by atoms with E-state index in [1.54, 1.807) is 36.2 Å². The molecule has 30 heavy (non-hydrogen) atoms. The Morgan fingerprint density at radius 1 is 1.10 bits per heavy atom. The number of aliphatic imine (C=N–C) groups is 1. The molecule has 5 nitrogen and oxygen atoms in total. The molecule has 2 N–H and O–H groups in total. The summed E-state index contributed by atoms with van der Waals surface area (Å²) in [6, 6.07) is 13.9. The number of nitrogens with zero attached hydrogens (tertiary/aromatic N) is 2. The van der Waals surface area contributed by atoms with Crippen LogP contribution < -0.4 is 15.4 Å². The maximum absolute atomic E-state index is 13.9. The highest BCUT2D eigenvalue weighted by Gasteiger charge is 2.22. The van der Waals surface area contributed by atoms with E-state index in [9.17, 15) is 13.2 Å². The first kappa shape index (κ1) is 22.0. The first-order valence-electron chi connectivity index (χ1n) is 10.0. The highest BCUT2D eigenvalue weighted by atomic mass is 19.3. The van der Waals surface area contributed by atoms with Gasteiger partial charge < -0.3 is 15.4 Å². The fraction of sp³-hybridized carbons (Fsp3) is 0.409. The number of rotatable bonds is 7. The number of para-hydroxylation sites is 2. The monoisotopic (exact) mass is 420 g/mol. The molecule has 162 valence electrons. The second-order valence-corrected chi connectivity index (χ2v) is 7.18. The van der Waals surface area contributed by atoms with Gasteiger partial charge in [-0.2, -0.15) is 0 Å². The molecule has 1 heterocycles. The Hall–Kier alpha value is -2.74. The van der Waals surface area contributed by atoms with Crippen molar-refractivity contribution in [1.29, 1.82) is 0 Å². The molecule has 3 rings (SSSR count). The van der Waals surface area contributed by atoms with E-state index in [0.717, 1.165) is 18.4 Å². The molecule has 1 fully saturated rings. The van der Waals surface area contributed by atoms with Crippen LogP contribution in [0.2, 0.25) is 0 Å². The number of nitrogens with one attached hydrogen (secondary N) is 2. The summed E-state index contributed by atoms with van der Waals surface area (Å²) in [5.74, 6) is 0.938. The van der Waals surface area contributed by atoms with E-state index in [0.29, 0.717) is 31.3 Å². The second kappa shape index (κ2) is 10.9. The van der Waals surface area contributed by atoms with Crippen LogP contribution in [0.5, 0.6) is 11.5 Å². The van der Waals surface area contributed by atoms with Gasteiger partial charge in [0, 0.05) is 38.3 Å². The molecule has 1 saturated heterocycles. The lowest BCUT2D eigenvalue weighted by atomic mass is 10.1. The van der Waals surface area contributed by atoms with Crippen molar-refractivity contribution in [3.63, 3.8) is 0 Å². The smallest absolute Gasteiger partial charge is 0.251 e. The van der Waals surface area contributed by atoms with Gasteiger partial charge >= 0.3 is 0 Å². The lowest BCUT2D eigenvalue weighted by Crippen LogP contribution is -2.49. The summed E-state index contributed by atoms with van der Waals surface area (Å²) in [4.78, 5) is 6.04. The van der Waals surface area contributed by atoms with Crippen molar-refractivity contribution in [2.75, 3.05) is 26.7 Å². The fourth-order valence-electron chi connectivity index (χ4n) is 3.42.